The number of phenolic OH excluding ortho intramolecular Hbond substituents is 2. The van der Waals surface area contributed by atoms with Gasteiger partial charge in [0, 0.05) is 11.6 Å². The number of ether oxygens (including phenoxy) is 9. The van der Waals surface area contributed by atoms with Gasteiger partial charge in [0.15, 0.2) is 47.4 Å². The van der Waals surface area contributed by atoms with E-state index >= 15 is 0 Å². The van der Waals surface area contributed by atoms with Crippen molar-refractivity contribution in [1.82, 2.24) is 0 Å². The van der Waals surface area contributed by atoms with E-state index in [2.05, 4.69) is 0 Å². The number of methoxy groups -OCH3 is 3. The predicted molar refractivity (Wildman–Crippen MR) is 188 cm³/mol. The van der Waals surface area contributed by atoms with Gasteiger partial charge in [0.2, 0.25) is 23.2 Å². The monoisotopic (exact) mass is 814 g/mol. The van der Waals surface area contributed by atoms with Crippen LogP contribution < -0.4 is 24.4 Å². The minimum atomic E-state index is -2.03. The first-order valence-electron chi connectivity index (χ1n) is 17.7. The zero-order valence-electron chi connectivity index (χ0n) is 31.1. The topological polar surface area (TPSA) is 316 Å². The minimum Gasteiger partial charge on any atom is -0.504 e. The molecule has 0 amide bonds. The van der Waals surface area contributed by atoms with Crippen LogP contribution >= 0.6 is 0 Å². The van der Waals surface area contributed by atoms with Crippen LogP contribution in [0.2, 0.25) is 0 Å². The number of fused-ring (bicyclic) bond motifs is 1. The number of phenols is 2. The maximum absolute atomic E-state index is 14.5. The van der Waals surface area contributed by atoms with E-state index in [0.29, 0.717) is 0 Å². The van der Waals surface area contributed by atoms with E-state index in [1.807, 2.05) is 0 Å². The second-order valence-corrected chi connectivity index (χ2v) is 13.7. The quantitative estimate of drug-likeness (QED) is 0.0980. The first-order chi connectivity index (χ1) is 27.0. The first-order valence-corrected chi connectivity index (χ1v) is 17.7. The Morgan fingerprint density at radius 3 is 1.88 bits per heavy atom. The molecule has 21 heteroatoms. The summed E-state index contributed by atoms with van der Waals surface area (Å²) in [6.07, 6.45) is -25.0. The first kappa shape index (κ1) is 42.5. The zero-order valence-corrected chi connectivity index (χ0v) is 31.1. The number of hydrogen-bond acceptors (Lipinski definition) is 21. The molecule has 3 aliphatic heterocycles. The lowest BCUT2D eigenvalue weighted by atomic mass is 9.97. The van der Waals surface area contributed by atoms with Crippen LogP contribution in [0.3, 0.4) is 0 Å². The van der Waals surface area contributed by atoms with Gasteiger partial charge in [-0.3, -0.25) is 4.79 Å². The van der Waals surface area contributed by atoms with Gasteiger partial charge in [-0.25, -0.2) is 0 Å². The van der Waals surface area contributed by atoms with Crippen LogP contribution in [-0.2, 0) is 23.7 Å². The summed E-state index contributed by atoms with van der Waals surface area (Å²) < 4.78 is 56.7. The van der Waals surface area contributed by atoms with E-state index < -0.39 is 121 Å². The summed E-state index contributed by atoms with van der Waals surface area (Å²) >= 11 is 0. The van der Waals surface area contributed by atoms with Crippen molar-refractivity contribution in [1.29, 1.82) is 0 Å². The van der Waals surface area contributed by atoms with Crippen LogP contribution in [0.25, 0.3) is 22.3 Å². The molecule has 3 saturated heterocycles. The lowest BCUT2D eigenvalue weighted by molar-refractivity contribution is -0.360. The van der Waals surface area contributed by atoms with Crippen LogP contribution in [0.15, 0.2) is 33.5 Å². The second-order valence-electron chi connectivity index (χ2n) is 13.7. The van der Waals surface area contributed by atoms with Crippen molar-refractivity contribution in [3.8, 4) is 45.8 Å². The lowest BCUT2D eigenvalue weighted by Gasteiger charge is -2.46. The van der Waals surface area contributed by atoms with Crippen LogP contribution in [0.4, 0.5) is 0 Å². The van der Waals surface area contributed by atoms with Crippen molar-refractivity contribution in [3.05, 3.63) is 34.5 Å². The van der Waals surface area contributed by atoms with Gasteiger partial charge in [-0.1, -0.05) is 0 Å². The van der Waals surface area contributed by atoms with Crippen molar-refractivity contribution in [3.63, 3.8) is 0 Å². The van der Waals surface area contributed by atoms with Crippen LogP contribution in [0.1, 0.15) is 13.8 Å². The van der Waals surface area contributed by atoms with Crippen molar-refractivity contribution < 1.29 is 98.1 Å². The molecule has 4 heterocycles. The normalized spacial score (nSPS) is 35.8. The maximum Gasteiger partial charge on any atom is 0.239 e. The summed E-state index contributed by atoms with van der Waals surface area (Å²) in [4.78, 5) is 14.5. The Labute approximate surface area is 323 Å². The molecule has 0 bridgehead atoms. The van der Waals surface area contributed by atoms with E-state index in [0.717, 1.165) is 0 Å². The summed E-state index contributed by atoms with van der Waals surface area (Å²) in [5, 5.41) is 106. The van der Waals surface area contributed by atoms with Crippen LogP contribution in [0, 0.1) is 0 Å². The van der Waals surface area contributed by atoms with Gasteiger partial charge in [-0.05, 0) is 32.0 Å². The van der Waals surface area contributed by atoms with Crippen LogP contribution in [-0.4, -0.2) is 171 Å². The van der Waals surface area contributed by atoms with Gasteiger partial charge in [0.1, 0.15) is 65.9 Å². The Balaban J connectivity index is 1.45. The molecule has 0 radical (unpaired) electrons. The van der Waals surface area contributed by atoms with Gasteiger partial charge in [-0.2, -0.15) is 0 Å². The third-order valence-corrected chi connectivity index (χ3v) is 10.1. The SMILES string of the molecule is COc1cc(-c2oc3cc(OC)c(OC)c(O)c3c(=O)c2OC2OC(COC3OC(C)C(O)C(O)C3O)C(O)C(O)C2OC2OC(C)C(O)C(O)C2O)ccc1O. The molecule has 3 aliphatic rings. The van der Waals surface area contributed by atoms with Crippen LogP contribution in [0.5, 0.6) is 34.5 Å². The highest BCUT2D eigenvalue weighted by Crippen LogP contribution is 2.45. The smallest absolute Gasteiger partial charge is 0.239 e. The van der Waals surface area contributed by atoms with Gasteiger partial charge in [0.05, 0.1) is 40.1 Å². The Morgan fingerprint density at radius 1 is 0.649 bits per heavy atom. The number of hydrogen-bond donors (Lipinski definition) is 10. The number of aliphatic hydroxyl groups excluding tert-OH is 8. The molecule has 3 fully saturated rings. The maximum atomic E-state index is 14.5. The average molecular weight is 815 g/mol. The third kappa shape index (κ3) is 7.91. The van der Waals surface area contributed by atoms with E-state index in [-0.39, 0.29) is 39.9 Å². The lowest BCUT2D eigenvalue weighted by Crippen LogP contribution is -2.65. The molecule has 0 aliphatic carbocycles. The number of benzene rings is 2. The van der Waals surface area contributed by atoms with Crippen molar-refractivity contribution in [2.45, 2.75) is 106 Å². The Hall–Kier alpha value is -4.07. The molecule has 10 N–H and O–H groups in total. The molecular weight excluding hydrogens is 768 g/mol. The summed E-state index contributed by atoms with van der Waals surface area (Å²) in [7, 11) is 3.77. The summed E-state index contributed by atoms with van der Waals surface area (Å²) in [5.41, 5.74) is -1.21. The Bertz CT molecular complexity index is 1940. The fourth-order valence-corrected chi connectivity index (χ4v) is 6.76. The van der Waals surface area contributed by atoms with Gasteiger partial charge >= 0.3 is 0 Å². The number of aliphatic hydroxyl groups is 8. The van der Waals surface area contributed by atoms with Crippen molar-refractivity contribution >= 4 is 11.0 Å². The van der Waals surface area contributed by atoms with Crippen molar-refractivity contribution in [2.24, 2.45) is 0 Å². The predicted octanol–water partition coefficient (Wildman–Crippen LogP) is -2.22. The molecular formula is C36H46O21. The molecule has 15 atom stereocenters. The molecule has 0 saturated carbocycles. The van der Waals surface area contributed by atoms with E-state index in [1.165, 1.54) is 59.4 Å². The standard InChI is InChI=1S/C36H46O21/c1-11-20(38)25(43)28(46)34(52-11)51-10-18-22(40)27(45)33(57-35-29(47)26(44)21(39)12(2)53-35)36(55-18)56-32-24(42)19-16(9-17(49-4)31(50-5)23(19)41)54-30(32)13-6-7-14(37)15(8-13)48-3/h6-9,11-12,18,20-22,25-29,33-41,43-47H,10H2,1-5H3. The molecule has 57 heavy (non-hydrogen) atoms. The van der Waals surface area contributed by atoms with Gasteiger partial charge in [-0.15, -0.1) is 0 Å². The third-order valence-electron chi connectivity index (χ3n) is 10.1. The molecule has 3 aromatic rings. The Kier molecular flexibility index (Phi) is 12.7. The Morgan fingerprint density at radius 2 is 1.26 bits per heavy atom. The highest BCUT2D eigenvalue weighted by Gasteiger charge is 2.52. The highest BCUT2D eigenvalue weighted by atomic mass is 16.8. The van der Waals surface area contributed by atoms with E-state index in [9.17, 15) is 55.9 Å². The average Bonchev–Trinajstić information content (AvgIpc) is 3.19. The fourth-order valence-electron chi connectivity index (χ4n) is 6.76. The fraction of sp³-hybridized carbons (Fsp3) is 0.583. The molecule has 15 unspecified atom stereocenters. The number of rotatable bonds is 11. The van der Waals surface area contributed by atoms with E-state index in [4.69, 9.17) is 47.0 Å². The van der Waals surface area contributed by atoms with E-state index in [1.54, 1.807) is 0 Å². The summed E-state index contributed by atoms with van der Waals surface area (Å²) in [6, 6.07) is 5.12. The molecule has 21 nitrogen and oxygen atoms in total. The summed E-state index contributed by atoms with van der Waals surface area (Å²) in [5.74, 6) is -2.37. The molecule has 1 aromatic heterocycles. The minimum absolute atomic E-state index is 0.0198. The summed E-state index contributed by atoms with van der Waals surface area (Å²) in [6.45, 7) is 2.10. The molecule has 6 rings (SSSR count). The van der Waals surface area contributed by atoms with Gasteiger partial charge < -0.3 is 98.1 Å². The largest absolute Gasteiger partial charge is 0.504 e. The van der Waals surface area contributed by atoms with Gasteiger partial charge in [0.25, 0.3) is 0 Å². The number of aromatic hydroxyl groups is 2. The van der Waals surface area contributed by atoms with Crippen molar-refractivity contribution in [2.75, 3.05) is 27.9 Å². The molecule has 316 valence electrons. The highest BCUT2D eigenvalue weighted by molar-refractivity contribution is 5.91. The zero-order chi connectivity index (χ0) is 41.6. The second kappa shape index (κ2) is 17.0. The molecule has 2 aromatic carbocycles. The molecule has 0 spiro atoms.